The van der Waals surface area contributed by atoms with Crippen LogP contribution < -0.4 is 0 Å². The Hall–Kier alpha value is -0.620. The van der Waals surface area contributed by atoms with E-state index in [4.69, 9.17) is 0 Å². The minimum Gasteiger partial charge on any atom is -0.340 e. The summed E-state index contributed by atoms with van der Waals surface area (Å²) in [6.45, 7) is 12.1. The number of carbonyl (C=O) groups excluding carboxylic acids is 1. The molecule has 0 N–H and O–H groups in total. The average molecular weight is 304 g/mol. The molecule has 0 aromatic heterocycles. The van der Waals surface area contributed by atoms with Crippen LogP contribution in [0.15, 0.2) is 0 Å². The van der Waals surface area contributed by atoms with Gasteiger partial charge in [0, 0.05) is 31.6 Å². The summed E-state index contributed by atoms with van der Waals surface area (Å²) in [5, 5.41) is 0. The van der Waals surface area contributed by atoms with Crippen molar-refractivity contribution in [1.82, 2.24) is 9.21 Å². The van der Waals surface area contributed by atoms with Crippen LogP contribution in [0.4, 0.5) is 0 Å². The lowest BCUT2D eigenvalue weighted by Gasteiger charge is -2.39. The molecule has 0 aromatic rings. The van der Waals surface area contributed by atoms with E-state index in [0.29, 0.717) is 26.2 Å². The predicted molar refractivity (Wildman–Crippen MR) is 80.8 cm³/mol. The Morgan fingerprint density at radius 1 is 1.00 bits per heavy atom. The Morgan fingerprint density at radius 2 is 1.45 bits per heavy atom. The molecular formula is C14H28N2O3S. The van der Waals surface area contributed by atoms with Gasteiger partial charge in [-0.15, -0.1) is 0 Å². The Bertz CT molecular complexity index is 455. The van der Waals surface area contributed by atoms with E-state index < -0.39 is 15.4 Å². The van der Waals surface area contributed by atoms with Crippen LogP contribution >= 0.6 is 0 Å². The van der Waals surface area contributed by atoms with Crippen molar-refractivity contribution in [3.63, 3.8) is 0 Å². The Morgan fingerprint density at radius 3 is 1.80 bits per heavy atom. The molecule has 1 heterocycles. The summed E-state index contributed by atoms with van der Waals surface area (Å²) in [6, 6.07) is 0. The zero-order valence-corrected chi connectivity index (χ0v) is 14.4. The third kappa shape index (κ3) is 4.74. The summed E-state index contributed by atoms with van der Waals surface area (Å²) >= 11 is 0. The molecule has 1 amide bonds. The highest BCUT2D eigenvalue weighted by Crippen LogP contribution is 2.34. The van der Waals surface area contributed by atoms with Crippen molar-refractivity contribution in [2.45, 2.75) is 41.0 Å². The first-order valence-electron chi connectivity index (χ1n) is 7.07. The van der Waals surface area contributed by atoms with Gasteiger partial charge in [-0.3, -0.25) is 4.79 Å². The van der Waals surface area contributed by atoms with Crippen molar-refractivity contribution in [3.8, 4) is 0 Å². The lowest BCUT2D eigenvalue weighted by atomic mass is 9.75. The second-order valence-electron chi connectivity index (χ2n) is 7.58. The second-order valence-corrected chi connectivity index (χ2v) is 9.56. The molecule has 0 spiro atoms. The molecule has 0 unspecified atom stereocenters. The Labute approximate surface area is 123 Å². The van der Waals surface area contributed by atoms with Gasteiger partial charge in [0.05, 0.1) is 6.26 Å². The van der Waals surface area contributed by atoms with Gasteiger partial charge < -0.3 is 4.90 Å². The lowest BCUT2D eigenvalue weighted by Crippen LogP contribution is -2.53. The minimum atomic E-state index is -3.14. The molecule has 5 nitrogen and oxygen atoms in total. The molecule has 1 fully saturated rings. The van der Waals surface area contributed by atoms with Crippen molar-refractivity contribution in [3.05, 3.63) is 0 Å². The maximum atomic E-state index is 12.6. The molecule has 6 heteroatoms. The van der Waals surface area contributed by atoms with E-state index in [9.17, 15) is 13.2 Å². The zero-order valence-electron chi connectivity index (χ0n) is 13.6. The van der Waals surface area contributed by atoms with E-state index in [2.05, 4.69) is 20.8 Å². The molecule has 0 radical (unpaired) electrons. The van der Waals surface area contributed by atoms with Gasteiger partial charge >= 0.3 is 0 Å². The van der Waals surface area contributed by atoms with Gasteiger partial charge in [-0.05, 0) is 11.8 Å². The van der Waals surface area contributed by atoms with Gasteiger partial charge in [0.25, 0.3) is 0 Å². The molecule has 0 bridgehead atoms. The van der Waals surface area contributed by atoms with Crippen LogP contribution in [-0.2, 0) is 14.8 Å². The van der Waals surface area contributed by atoms with Crippen molar-refractivity contribution in [1.29, 1.82) is 0 Å². The number of sulfonamides is 1. The third-order valence-electron chi connectivity index (χ3n) is 3.55. The smallest absolute Gasteiger partial charge is 0.228 e. The molecule has 0 atom stereocenters. The first-order chi connectivity index (χ1) is 8.83. The van der Waals surface area contributed by atoms with Crippen molar-refractivity contribution in [2.24, 2.45) is 10.8 Å². The molecule has 1 rings (SSSR count). The first-order valence-corrected chi connectivity index (χ1v) is 8.92. The van der Waals surface area contributed by atoms with E-state index >= 15 is 0 Å². The van der Waals surface area contributed by atoms with E-state index in [1.807, 2.05) is 13.8 Å². The predicted octanol–water partition coefficient (Wildman–Crippen LogP) is 1.55. The zero-order chi connectivity index (χ0) is 15.8. The maximum absolute atomic E-state index is 12.6. The Balaban J connectivity index is 2.67. The van der Waals surface area contributed by atoms with Crippen LogP contribution in [0, 0.1) is 10.8 Å². The highest BCUT2D eigenvalue weighted by molar-refractivity contribution is 7.88. The number of rotatable bonds is 3. The van der Waals surface area contributed by atoms with E-state index in [1.165, 1.54) is 10.6 Å². The van der Waals surface area contributed by atoms with Crippen LogP contribution in [0.25, 0.3) is 0 Å². The molecule has 20 heavy (non-hydrogen) atoms. The van der Waals surface area contributed by atoms with Crippen LogP contribution in [0.2, 0.25) is 0 Å². The molecule has 0 aromatic carbocycles. The number of nitrogens with zero attached hydrogens (tertiary/aromatic N) is 2. The normalized spacial score (nSPS) is 19.2. The topological polar surface area (TPSA) is 57.7 Å². The molecule has 1 saturated heterocycles. The summed E-state index contributed by atoms with van der Waals surface area (Å²) in [5.74, 6) is 0.126. The van der Waals surface area contributed by atoms with Gasteiger partial charge in [0.1, 0.15) is 0 Å². The van der Waals surface area contributed by atoms with Crippen molar-refractivity contribution >= 4 is 15.9 Å². The Kier molecular flexibility index (Phi) is 4.91. The fourth-order valence-electron chi connectivity index (χ4n) is 3.05. The average Bonchev–Trinajstić information content (AvgIpc) is 2.24. The second kappa shape index (κ2) is 5.64. The summed E-state index contributed by atoms with van der Waals surface area (Å²) < 4.78 is 24.4. The fourth-order valence-corrected chi connectivity index (χ4v) is 3.88. The van der Waals surface area contributed by atoms with Gasteiger partial charge in [-0.2, -0.15) is 4.31 Å². The monoisotopic (exact) mass is 304 g/mol. The molecule has 118 valence electrons. The number of carbonyl (C=O) groups is 1. The highest BCUT2D eigenvalue weighted by atomic mass is 32.2. The first kappa shape index (κ1) is 17.4. The summed E-state index contributed by atoms with van der Waals surface area (Å²) in [4.78, 5) is 14.4. The van der Waals surface area contributed by atoms with Crippen molar-refractivity contribution in [2.75, 3.05) is 32.4 Å². The van der Waals surface area contributed by atoms with E-state index in [1.54, 1.807) is 4.90 Å². The van der Waals surface area contributed by atoms with Crippen LogP contribution in [0.5, 0.6) is 0 Å². The van der Waals surface area contributed by atoms with Gasteiger partial charge in [-0.25, -0.2) is 8.42 Å². The summed E-state index contributed by atoms with van der Waals surface area (Å²) in [7, 11) is -3.14. The van der Waals surface area contributed by atoms with Crippen LogP contribution in [-0.4, -0.2) is 56.0 Å². The standard InChI is InChI=1S/C14H28N2O3S/c1-13(2,3)11-14(4,5)12(17)15-7-9-16(10-8-15)20(6,18)19/h7-11H2,1-6H3. The minimum absolute atomic E-state index is 0.0910. The summed E-state index contributed by atoms with van der Waals surface area (Å²) in [5.41, 5.74) is -0.320. The number of hydrogen-bond acceptors (Lipinski definition) is 3. The fraction of sp³-hybridized carbons (Fsp3) is 0.929. The molecule has 1 aliphatic heterocycles. The maximum Gasteiger partial charge on any atom is 0.228 e. The van der Waals surface area contributed by atoms with Crippen LogP contribution in [0.1, 0.15) is 41.0 Å². The number of amides is 1. The lowest BCUT2D eigenvalue weighted by molar-refractivity contribution is -0.143. The van der Waals surface area contributed by atoms with Gasteiger partial charge in [-0.1, -0.05) is 34.6 Å². The molecule has 0 aliphatic carbocycles. The van der Waals surface area contributed by atoms with Gasteiger partial charge in [0.15, 0.2) is 0 Å². The molecule has 1 aliphatic rings. The van der Waals surface area contributed by atoms with E-state index in [-0.39, 0.29) is 11.3 Å². The number of piperazine rings is 1. The van der Waals surface area contributed by atoms with Crippen LogP contribution in [0.3, 0.4) is 0 Å². The molecular weight excluding hydrogens is 276 g/mol. The van der Waals surface area contributed by atoms with Gasteiger partial charge in [0.2, 0.25) is 15.9 Å². The SMILES string of the molecule is CC(C)(C)CC(C)(C)C(=O)N1CCN(S(C)(=O)=O)CC1. The number of hydrogen-bond donors (Lipinski definition) is 0. The quantitative estimate of drug-likeness (QED) is 0.795. The highest BCUT2D eigenvalue weighted by Gasteiger charge is 2.37. The molecule has 0 saturated carbocycles. The third-order valence-corrected chi connectivity index (χ3v) is 4.85. The largest absolute Gasteiger partial charge is 0.340 e. The van der Waals surface area contributed by atoms with E-state index in [0.717, 1.165) is 6.42 Å². The van der Waals surface area contributed by atoms with Crippen molar-refractivity contribution < 1.29 is 13.2 Å². The summed E-state index contributed by atoms with van der Waals surface area (Å²) in [6.07, 6.45) is 2.03.